The minimum Gasteiger partial charge on any atom is -0.422 e. The van der Waals surface area contributed by atoms with Crippen molar-refractivity contribution in [2.24, 2.45) is 11.8 Å². The smallest absolute Gasteiger partial charge is 0.345 e. The molecule has 0 aliphatic heterocycles. The molecule has 6 nitrogen and oxygen atoms in total. The van der Waals surface area contributed by atoms with Gasteiger partial charge in [-0.05, 0) is 68.5 Å². The van der Waals surface area contributed by atoms with Crippen LogP contribution in [-0.2, 0) is 0 Å². The standard InChI is InChI=1S/C23H22N4O2/c1-26(2)21-16-9-15(10-17(16)21)13-4-5-14-8-18(22(28)29-20(14)11-13)19-12-27-7-3-6-24-23(27)25-19/h3-8,11-12,15-17,21H,9-10H2,1-2H3/t15?,16-,17+,21+. The van der Waals surface area contributed by atoms with Crippen LogP contribution in [-0.4, -0.2) is 39.4 Å². The lowest BCUT2D eigenvalue weighted by molar-refractivity contribution is 0.337. The lowest BCUT2D eigenvalue weighted by Crippen LogP contribution is -2.20. The molecule has 0 N–H and O–H groups in total. The number of nitrogens with zero attached hydrogens (tertiary/aromatic N) is 4. The number of rotatable bonds is 3. The summed E-state index contributed by atoms with van der Waals surface area (Å²) in [7, 11) is 4.36. The van der Waals surface area contributed by atoms with Gasteiger partial charge in [-0.3, -0.25) is 4.40 Å². The van der Waals surface area contributed by atoms with E-state index < -0.39 is 0 Å². The minimum absolute atomic E-state index is 0.361. The Kier molecular flexibility index (Phi) is 3.50. The van der Waals surface area contributed by atoms with E-state index >= 15 is 0 Å². The molecular formula is C23H22N4O2. The van der Waals surface area contributed by atoms with Crippen molar-refractivity contribution in [3.63, 3.8) is 0 Å². The largest absolute Gasteiger partial charge is 0.422 e. The van der Waals surface area contributed by atoms with Crippen LogP contribution in [0.4, 0.5) is 0 Å². The van der Waals surface area contributed by atoms with Gasteiger partial charge < -0.3 is 9.32 Å². The third kappa shape index (κ3) is 2.63. The molecule has 0 spiro atoms. The third-order valence-electron chi connectivity index (χ3n) is 6.74. The van der Waals surface area contributed by atoms with E-state index in [-0.39, 0.29) is 5.63 Å². The second-order valence-electron chi connectivity index (χ2n) is 8.65. The maximum atomic E-state index is 12.7. The van der Waals surface area contributed by atoms with E-state index in [2.05, 4.69) is 47.2 Å². The fraction of sp³-hybridized carbons (Fsp3) is 0.348. The summed E-state index contributed by atoms with van der Waals surface area (Å²) in [5.74, 6) is 2.78. The average Bonchev–Trinajstić information content (AvgIpc) is 3.04. The molecule has 6 rings (SSSR count). The molecule has 0 saturated heterocycles. The maximum absolute atomic E-state index is 12.7. The summed E-state index contributed by atoms with van der Waals surface area (Å²) in [5.41, 5.74) is 2.62. The van der Waals surface area contributed by atoms with Crippen molar-refractivity contribution >= 4 is 16.7 Å². The molecule has 29 heavy (non-hydrogen) atoms. The maximum Gasteiger partial charge on any atom is 0.345 e. The highest BCUT2D eigenvalue weighted by atomic mass is 16.4. The number of hydrogen-bond acceptors (Lipinski definition) is 5. The van der Waals surface area contributed by atoms with Crippen molar-refractivity contribution in [2.45, 2.75) is 24.8 Å². The van der Waals surface area contributed by atoms with Gasteiger partial charge in [0, 0.05) is 30.0 Å². The fourth-order valence-electron chi connectivity index (χ4n) is 5.36. The minimum atomic E-state index is -0.361. The molecule has 1 aromatic carbocycles. The van der Waals surface area contributed by atoms with Crippen LogP contribution in [0.5, 0.6) is 0 Å². The van der Waals surface area contributed by atoms with E-state index in [1.54, 1.807) is 16.8 Å². The number of imidazole rings is 1. The molecule has 146 valence electrons. The highest BCUT2D eigenvalue weighted by Crippen LogP contribution is 2.59. The molecule has 3 heterocycles. The van der Waals surface area contributed by atoms with Gasteiger partial charge in [-0.25, -0.2) is 14.8 Å². The van der Waals surface area contributed by atoms with Gasteiger partial charge in [0.25, 0.3) is 0 Å². The monoisotopic (exact) mass is 386 g/mol. The van der Waals surface area contributed by atoms with Crippen LogP contribution in [0.3, 0.4) is 0 Å². The van der Waals surface area contributed by atoms with Crippen LogP contribution >= 0.6 is 0 Å². The van der Waals surface area contributed by atoms with Crippen molar-refractivity contribution in [2.75, 3.05) is 14.1 Å². The lowest BCUT2D eigenvalue weighted by Gasteiger charge is -2.18. The molecule has 2 aliphatic carbocycles. The van der Waals surface area contributed by atoms with Gasteiger partial charge in [0.15, 0.2) is 0 Å². The van der Waals surface area contributed by atoms with Gasteiger partial charge in [-0.2, -0.15) is 0 Å². The molecule has 0 radical (unpaired) electrons. The SMILES string of the molecule is CN(C)[C@H]1[C@@H]2CC(c3ccc4cc(-c5cn6cccnc6n5)c(=O)oc4c3)C[C@@H]21. The van der Waals surface area contributed by atoms with E-state index in [1.165, 1.54) is 18.4 Å². The van der Waals surface area contributed by atoms with Crippen LogP contribution in [0.25, 0.3) is 28.0 Å². The first-order chi connectivity index (χ1) is 14.1. The number of fused-ring (bicyclic) bond motifs is 3. The number of aromatic nitrogens is 3. The van der Waals surface area contributed by atoms with E-state index in [9.17, 15) is 4.79 Å². The fourth-order valence-corrected chi connectivity index (χ4v) is 5.36. The Labute approximate surface area is 167 Å². The van der Waals surface area contributed by atoms with Crippen LogP contribution < -0.4 is 5.63 Å². The average molecular weight is 386 g/mol. The molecule has 0 amide bonds. The topological polar surface area (TPSA) is 63.6 Å². The highest BCUT2D eigenvalue weighted by Gasteiger charge is 2.56. The summed E-state index contributed by atoms with van der Waals surface area (Å²) in [6.07, 6.45) is 7.82. The third-order valence-corrected chi connectivity index (χ3v) is 6.74. The van der Waals surface area contributed by atoms with Crippen molar-refractivity contribution in [1.82, 2.24) is 19.3 Å². The molecule has 1 unspecified atom stereocenters. The van der Waals surface area contributed by atoms with Crippen LogP contribution in [0.2, 0.25) is 0 Å². The predicted octanol–water partition coefficient (Wildman–Crippen LogP) is 3.56. The zero-order valence-electron chi connectivity index (χ0n) is 16.4. The number of hydrogen-bond donors (Lipinski definition) is 0. The van der Waals surface area contributed by atoms with Crippen molar-refractivity contribution in [3.05, 3.63) is 64.9 Å². The summed E-state index contributed by atoms with van der Waals surface area (Å²) in [5, 5.41) is 0.919. The molecule has 4 aromatic rings. The summed E-state index contributed by atoms with van der Waals surface area (Å²) in [4.78, 5) is 23.7. The first kappa shape index (κ1) is 16.9. The molecule has 3 aromatic heterocycles. The van der Waals surface area contributed by atoms with Crippen molar-refractivity contribution in [1.29, 1.82) is 0 Å². The van der Waals surface area contributed by atoms with Crippen molar-refractivity contribution < 1.29 is 4.42 Å². The molecule has 2 aliphatic rings. The molecule has 2 saturated carbocycles. The Morgan fingerprint density at radius 2 is 2.00 bits per heavy atom. The zero-order chi connectivity index (χ0) is 19.7. The summed E-state index contributed by atoms with van der Waals surface area (Å²) >= 11 is 0. The summed E-state index contributed by atoms with van der Waals surface area (Å²) in [6, 6.07) is 10.8. The molecule has 4 atom stereocenters. The Morgan fingerprint density at radius 3 is 2.76 bits per heavy atom. The van der Waals surface area contributed by atoms with E-state index in [0.717, 1.165) is 23.3 Å². The second-order valence-corrected chi connectivity index (χ2v) is 8.65. The lowest BCUT2D eigenvalue weighted by atomic mass is 9.92. The second kappa shape index (κ2) is 6.00. The first-order valence-electron chi connectivity index (χ1n) is 10.1. The van der Waals surface area contributed by atoms with Crippen LogP contribution in [0.1, 0.15) is 24.3 Å². The van der Waals surface area contributed by atoms with Crippen molar-refractivity contribution in [3.8, 4) is 11.3 Å². The first-order valence-corrected chi connectivity index (χ1v) is 10.1. The molecular weight excluding hydrogens is 364 g/mol. The van der Waals surface area contributed by atoms with Gasteiger partial charge in [-0.1, -0.05) is 12.1 Å². The van der Waals surface area contributed by atoms with Gasteiger partial charge >= 0.3 is 5.63 Å². The zero-order valence-corrected chi connectivity index (χ0v) is 16.4. The van der Waals surface area contributed by atoms with Gasteiger partial charge in [0.2, 0.25) is 5.78 Å². The predicted molar refractivity (Wildman–Crippen MR) is 111 cm³/mol. The van der Waals surface area contributed by atoms with Gasteiger partial charge in [0.05, 0.1) is 11.3 Å². The summed E-state index contributed by atoms with van der Waals surface area (Å²) in [6.45, 7) is 0. The van der Waals surface area contributed by atoms with Gasteiger partial charge in [-0.15, -0.1) is 0 Å². The Hall–Kier alpha value is -2.99. The quantitative estimate of drug-likeness (QED) is 0.504. The Balaban J connectivity index is 1.33. The van der Waals surface area contributed by atoms with Gasteiger partial charge in [0.1, 0.15) is 5.58 Å². The highest BCUT2D eigenvalue weighted by molar-refractivity contribution is 5.81. The van der Waals surface area contributed by atoms with E-state index in [4.69, 9.17) is 4.42 Å². The molecule has 0 bridgehead atoms. The number of benzene rings is 1. The van der Waals surface area contributed by atoms with E-state index in [0.29, 0.717) is 28.5 Å². The summed E-state index contributed by atoms with van der Waals surface area (Å²) < 4.78 is 7.51. The van der Waals surface area contributed by atoms with Crippen LogP contribution in [0.15, 0.2) is 58.1 Å². The molecule has 2 fully saturated rings. The Morgan fingerprint density at radius 1 is 1.17 bits per heavy atom. The normalized spacial score (nSPS) is 25.8. The van der Waals surface area contributed by atoms with Crippen LogP contribution in [0, 0.1) is 11.8 Å². The van der Waals surface area contributed by atoms with E-state index in [1.807, 2.05) is 18.3 Å². The molecule has 6 heteroatoms. The Bertz CT molecular complexity index is 1260.